The second-order valence-electron chi connectivity index (χ2n) is 4.84. The van der Waals surface area contributed by atoms with Gasteiger partial charge in [0.25, 0.3) is 0 Å². The maximum absolute atomic E-state index is 13.7. The van der Waals surface area contributed by atoms with Crippen molar-refractivity contribution >= 4 is 11.8 Å². The molecule has 0 bridgehead atoms. The Bertz CT molecular complexity index is 563. The summed E-state index contributed by atoms with van der Waals surface area (Å²) >= 11 is 1.61. The van der Waals surface area contributed by atoms with E-state index in [1.807, 2.05) is 30.5 Å². The van der Waals surface area contributed by atoms with Gasteiger partial charge in [0.05, 0.1) is 6.10 Å². The summed E-state index contributed by atoms with van der Waals surface area (Å²) in [5.41, 5.74) is 1.10. The maximum atomic E-state index is 13.7. The average molecular weight is 289 g/mol. The van der Waals surface area contributed by atoms with Gasteiger partial charge in [-0.1, -0.05) is 18.2 Å². The van der Waals surface area contributed by atoms with E-state index < -0.39 is 0 Å². The fraction of sp³-hybridized carbons (Fsp3) is 0.312. The Labute approximate surface area is 122 Å². The standard InChI is InChI=1S/C16H16FNOS/c17-14-5-1-2-6-16(14)20-13-7-9-19-15(10-13)12-4-3-8-18-11-12/h1-6,8,11,13,15H,7,9-10H2/t13-,15+/m0/s1. The third-order valence-electron chi connectivity index (χ3n) is 3.42. The normalized spacial score (nSPS) is 22.6. The molecule has 0 N–H and O–H groups in total. The van der Waals surface area contributed by atoms with E-state index in [0.717, 1.165) is 23.3 Å². The van der Waals surface area contributed by atoms with E-state index in [9.17, 15) is 4.39 Å². The summed E-state index contributed by atoms with van der Waals surface area (Å²) < 4.78 is 19.5. The summed E-state index contributed by atoms with van der Waals surface area (Å²) in [6.07, 6.45) is 5.53. The van der Waals surface area contributed by atoms with Crippen LogP contribution in [0.4, 0.5) is 4.39 Å². The number of aromatic nitrogens is 1. The third-order valence-corrected chi connectivity index (χ3v) is 4.77. The first-order chi connectivity index (χ1) is 9.83. The lowest BCUT2D eigenvalue weighted by molar-refractivity contribution is 0.0176. The lowest BCUT2D eigenvalue weighted by atomic mass is 10.0. The predicted octanol–water partition coefficient (Wildman–Crippen LogP) is 4.23. The molecule has 2 aromatic rings. The number of benzene rings is 1. The zero-order valence-corrected chi connectivity index (χ0v) is 11.9. The second-order valence-corrected chi connectivity index (χ2v) is 6.18. The van der Waals surface area contributed by atoms with Crippen LogP contribution in [0.15, 0.2) is 53.7 Å². The molecule has 2 heterocycles. The first-order valence-electron chi connectivity index (χ1n) is 6.75. The van der Waals surface area contributed by atoms with Crippen molar-refractivity contribution in [3.8, 4) is 0 Å². The Balaban J connectivity index is 1.68. The van der Waals surface area contributed by atoms with Crippen LogP contribution < -0.4 is 0 Å². The summed E-state index contributed by atoms with van der Waals surface area (Å²) in [5, 5.41) is 0.380. The van der Waals surface area contributed by atoms with Crippen molar-refractivity contribution in [1.29, 1.82) is 0 Å². The van der Waals surface area contributed by atoms with Crippen molar-refractivity contribution < 1.29 is 9.13 Å². The summed E-state index contributed by atoms with van der Waals surface area (Å²) in [6.45, 7) is 0.714. The lowest BCUT2D eigenvalue weighted by Crippen LogP contribution is -2.21. The molecule has 1 aliphatic rings. The van der Waals surface area contributed by atoms with Gasteiger partial charge in [-0.15, -0.1) is 11.8 Å². The summed E-state index contributed by atoms with van der Waals surface area (Å²) in [7, 11) is 0. The molecule has 1 aliphatic heterocycles. The van der Waals surface area contributed by atoms with Crippen LogP contribution in [-0.2, 0) is 4.74 Å². The minimum atomic E-state index is -0.137. The topological polar surface area (TPSA) is 22.1 Å². The SMILES string of the molecule is Fc1ccccc1S[C@H]1CCO[C@@H](c2cccnc2)C1. The van der Waals surface area contributed by atoms with Crippen LogP contribution in [0, 0.1) is 5.82 Å². The monoisotopic (exact) mass is 289 g/mol. The summed E-state index contributed by atoms with van der Waals surface area (Å²) in [6, 6.07) is 10.9. The molecule has 1 aromatic heterocycles. The maximum Gasteiger partial charge on any atom is 0.136 e. The molecule has 0 unspecified atom stereocenters. The van der Waals surface area contributed by atoms with Crippen molar-refractivity contribution in [2.75, 3.05) is 6.61 Å². The molecule has 4 heteroatoms. The largest absolute Gasteiger partial charge is 0.373 e. The molecule has 0 spiro atoms. The third kappa shape index (κ3) is 3.19. The van der Waals surface area contributed by atoms with Crippen molar-refractivity contribution in [1.82, 2.24) is 4.98 Å². The Morgan fingerprint density at radius 2 is 2.10 bits per heavy atom. The molecule has 2 nitrogen and oxygen atoms in total. The zero-order valence-electron chi connectivity index (χ0n) is 11.0. The summed E-state index contributed by atoms with van der Waals surface area (Å²) in [4.78, 5) is 4.86. The second kappa shape index (κ2) is 6.37. The number of nitrogens with zero attached hydrogens (tertiary/aromatic N) is 1. The number of halogens is 1. The molecule has 2 atom stereocenters. The number of thioether (sulfide) groups is 1. The average Bonchev–Trinajstić information content (AvgIpc) is 2.51. The molecule has 104 valence electrons. The van der Waals surface area contributed by atoms with Crippen LogP contribution in [-0.4, -0.2) is 16.8 Å². The minimum absolute atomic E-state index is 0.0710. The highest BCUT2D eigenvalue weighted by molar-refractivity contribution is 8.00. The number of pyridine rings is 1. The smallest absolute Gasteiger partial charge is 0.136 e. The van der Waals surface area contributed by atoms with Gasteiger partial charge in [0.15, 0.2) is 0 Å². The van der Waals surface area contributed by atoms with E-state index in [1.165, 1.54) is 6.07 Å². The lowest BCUT2D eigenvalue weighted by Gasteiger charge is -2.29. The first kappa shape index (κ1) is 13.6. The van der Waals surface area contributed by atoms with Crippen LogP contribution in [0.1, 0.15) is 24.5 Å². The number of rotatable bonds is 3. The molecule has 0 saturated carbocycles. The van der Waals surface area contributed by atoms with E-state index in [1.54, 1.807) is 24.0 Å². The van der Waals surface area contributed by atoms with Gasteiger partial charge in [-0.3, -0.25) is 4.98 Å². The van der Waals surface area contributed by atoms with Gasteiger partial charge >= 0.3 is 0 Å². The highest BCUT2D eigenvalue weighted by Crippen LogP contribution is 2.37. The number of ether oxygens (including phenoxy) is 1. The zero-order chi connectivity index (χ0) is 13.8. The molecule has 1 saturated heterocycles. The predicted molar refractivity (Wildman–Crippen MR) is 78.2 cm³/mol. The molecule has 0 amide bonds. The molecule has 1 fully saturated rings. The van der Waals surface area contributed by atoms with Gasteiger partial charge in [-0.25, -0.2) is 4.39 Å². The Morgan fingerprint density at radius 3 is 2.90 bits per heavy atom. The van der Waals surface area contributed by atoms with Crippen LogP contribution in [0.5, 0.6) is 0 Å². The Kier molecular flexibility index (Phi) is 4.33. The van der Waals surface area contributed by atoms with Crippen molar-refractivity contribution in [3.05, 3.63) is 60.2 Å². The Morgan fingerprint density at radius 1 is 1.20 bits per heavy atom. The van der Waals surface area contributed by atoms with Gasteiger partial charge in [0, 0.05) is 29.1 Å². The van der Waals surface area contributed by atoms with E-state index in [4.69, 9.17) is 4.74 Å². The van der Waals surface area contributed by atoms with Gasteiger partial charge in [-0.2, -0.15) is 0 Å². The van der Waals surface area contributed by atoms with Gasteiger partial charge in [-0.05, 0) is 36.6 Å². The van der Waals surface area contributed by atoms with E-state index in [-0.39, 0.29) is 11.9 Å². The van der Waals surface area contributed by atoms with Crippen molar-refractivity contribution in [2.24, 2.45) is 0 Å². The van der Waals surface area contributed by atoms with Crippen LogP contribution in [0.25, 0.3) is 0 Å². The van der Waals surface area contributed by atoms with Gasteiger partial charge < -0.3 is 4.74 Å². The van der Waals surface area contributed by atoms with Crippen LogP contribution in [0.3, 0.4) is 0 Å². The highest BCUT2D eigenvalue weighted by Gasteiger charge is 2.25. The highest BCUT2D eigenvalue weighted by atomic mass is 32.2. The van der Waals surface area contributed by atoms with Crippen LogP contribution >= 0.6 is 11.8 Å². The molecular formula is C16H16FNOS. The quantitative estimate of drug-likeness (QED) is 0.844. The van der Waals surface area contributed by atoms with Crippen molar-refractivity contribution in [2.45, 2.75) is 29.1 Å². The van der Waals surface area contributed by atoms with Gasteiger partial charge in [0.1, 0.15) is 5.82 Å². The molecule has 0 radical (unpaired) electrons. The Hall–Kier alpha value is -1.39. The fourth-order valence-electron chi connectivity index (χ4n) is 2.39. The molecule has 3 rings (SSSR count). The number of hydrogen-bond acceptors (Lipinski definition) is 3. The van der Waals surface area contributed by atoms with E-state index >= 15 is 0 Å². The summed E-state index contributed by atoms with van der Waals surface area (Å²) in [5.74, 6) is -0.137. The van der Waals surface area contributed by atoms with Crippen molar-refractivity contribution in [3.63, 3.8) is 0 Å². The minimum Gasteiger partial charge on any atom is -0.373 e. The molecule has 20 heavy (non-hydrogen) atoms. The molecular weight excluding hydrogens is 273 g/mol. The first-order valence-corrected chi connectivity index (χ1v) is 7.63. The molecule has 1 aromatic carbocycles. The van der Waals surface area contributed by atoms with Gasteiger partial charge in [0.2, 0.25) is 0 Å². The van der Waals surface area contributed by atoms with E-state index in [0.29, 0.717) is 11.9 Å². The molecule has 0 aliphatic carbocycles. The van der Waals surface area contributed by atoms with E-state index in [2.05, 4.69) is 4.98 Å². The van der Waals surface area contributed by atoms with Crippen LogP contribution in [0.2, 0.25) is 0 Å². The fourth-order valence-corrected chi connectivity index (χ4v) is 3.57. The number of hydrogen-bond donors (Lipinski definition) is 0.